The molecule has 1 aromatic heterocycles. The number of hydrogen-bond donors (Lipinski definition) is 1. The first kappa shape index (κ1) is 16.1. The molecule has 0 amide bonds. The van der Waals surface area contributed by atoms with Crippen molar-refractivity contribution >= 4 is 11.0 Å². The maximum absolute atomic E-state index is 5.52. The number of fused-ring (bicyclic) bond motifs is 3. The SMILES string of the molecule is c1ccc2c(-c3ccc4c(c3)CC(c3ccc5c(c3)CNC5)CC4)noc2c1. The summed E-state index contributed by atoms with van der Waals surface area (Å²) in [5.41, 5.74) is 10.3. The van der Waals surface area contributed by atoms with Crippen LogP contribution in [0.15, 0.2) is 65.2 Å². The van der Waals surface area contributed by atoms with E-state index in [1.54, 1.807) is 0 Å². The zero-order chi connectivity index (χ0) is 18.5. The fourth-order valence-corrected chi connectivity index (χ4v) is 4.85. The van der Waals surface area contributed by atoms with E-state index in [1.165, 1.54) is 34.2 Å². The molecule has 1 unspecified atom stereocenters. The lowest BCUT2D eigenvalue weighted by Crippen LogP contribution is -2.13. The van der Waals surface area contributed by atoms with Gasteiger partial charge in [-0.25, -0.2) is 0 Å². The average Bonchev–Trinajstić information content (AvgIpc) is 3.39. The van der Waals surface area contributed by atoms with E-state index >= 15 is 0 Å². The van der Waals surface area contributed by atoms with Gasteiger partial charge in [0.25, 0.3) is 0 Å². The quantitative estimate of drug-likeness (QED) is 0.518. The van der Waals surface area contributed by atoms with E-state index in [1.807, 2.05) is 18.2 Å². The Bertz CT molecular complexity index is 1190. The number of hydrogen-bond acceptors (Lipinski definition) is 3. The van der Waals surface area contributed by atoms with Crippen molar-refractivity contribution in [3.05, 3.63) is 88.5 Å². The maximum atomic E-state index is 5.52. The molecule has 138 valence electrons. The molecule has 0 bridgehead atoms. The summed E-state index contributed by atoms with van der Waals surface area (Å²) in [7, 11) is 0. The molecule has 1 aliphatic heterocycles. The highest BCUT2D eigenvalue weighted by Crippen LogP contribution is 2.37. The number of nitrogens with zero attached hydrogens (tertiary/aromatic N) is 1. The van der Waals surface area contributed by atoms with Crippen LogP contribution in [-0.4, -0.2) is 5.16 Å². The van der Waals surface area contributed by atoms with Gasteiger partial charge in [-0.1, -0.05) is 47.6 Å². The Kier molecular flexibility index (Phi) is 3.63. The minimum Gasteiger partial charge on any atom is -0.356 e. The molecule has 28 heavy (non-hydrogen) atoms. The summed E-state index contributed by atoms with van der Waals surface area (Å²) in [6.45, 7) is 2.02. The summed E-state index contributed by atoms with van der Waals surface area (Å²) in [6.07, 6.45) is 3.48. The van der Waals surface area contributed by atoms with Crippen LogP contribution in [0.3, 0.4) is 0 Å². The van der Waals surface area contributed by atoms with Gasteiger partial charge in [-0.3, -0.25) is 0 Å². The highest BCUT2D eigenvalue weighted by atomic mass is 16.5. The molecule has 1 atom stereocenters. The smallest absolute Gasteiger partial charge is 0.167 e. The van der Waals surface area contributed by atoms with Crippen LogP contribution in [-0.2, 0) is 25.9 Å². The highest BCUT2D eigenvalue weighted by Gasteiger charge is 2.23. The van der Waals surface area contributed by atoms with Crippen LogP contribution in [0, 0.1) is 0 Å². The van der Waals surface area contributed by atoms with E-state index in [-0.39, 0.29) is 0 Å². The van der Waals surface area contributed by atoms with Crippen molar-refractivity contribution in [3.63, 3.8) is 0 Å². The first-order valence-corrected chi connectivity index (χ1v) is 10.1. The fraction of sp³-hybridized carbons (Fsp3) is 0.240. The normalized spacial score (nSPS) is 18.2. The van der Waals surface area contributed by atoms with E-state index in [9.17, 15) is 0 Å². The molecule has 1 aliphatic carbocycles. The van der Waals surface area contributed by atoms with E-state index in [0.717, 1.165) is 48.2 Å². The standard InChI is InChI=1S/C25H22N2O/c1-2-4-24-23(3-1)25(27-28-24)19-9-6-16-5-7-17(11-21(16)13-19)18-8-10-20-14-26-15-22(20)12-18/h1-4,6,8-10,12-13,17,26H,5,7,11,14-15H2. The van der Waals surface area contributed by atoms with E-state index in [2.05, 4.69) is 52.9 Å². The van der Waals surface area contributed by atoms with Crippen LogP contribution in [0.2, 0.25) is 0 Å². The van der Waals surface area contributed by atoms with E-state index in [0.29, 0.717) is 5.92 Å². The van der Waals surface area contributed by atoms with Gasteiger partial charge >= 0.3 is 0 Å². The van der Waals surface area contributed by atoms with Crippen LogP contribution in [0.5, 0.6) is 0 Å². The monoisotopic (exact) mass is 366 g/mol. The lowest BCUT2D eigenvalue weighted by Gasteiger charge is -2.26. The largest absolute Gasteiger partial charge is 0.356 e. The minimum atomic E-state index is 0.600. The highest BCUT2D eigenvalue weighted by molar-refractivity contribution is 5.91. The van der Waals surface area contributed by atoms with Crippen LogP contribution in [0.25, 0.3) is 22.2 Å². The van der Waals surface area contributed by atoms with Crippen molar-refractivity contribution in [3.8, 4) is 11.3 Å². The molecule has 0 radical (unpaired) electrons. The first-order valence-electron chi connectivity index (χ1n) is 10.1. The topological polar surface area (TPSA) is 38.1 Å². The molecular formula is C25H22N2O. The van der Waals surface area contributed by atoms with Gasteiger partial charge in [0, 0.05) is 24.0 Å². The Balaban J connectivity index is 1.35. The van der Waals surface area contributed by atoms with E-state index in [4.69, 9.17) is 4.52 Å². The summed E-state index contributed by atoms with van der Waals surface area (Å²) < 4.78 is 5.52. The second-order valence-corrected chi connectivity index (χ2v) is 8.08. The Morgan fingerprint density at radius 3 is 2.75 bits per heavy atom. The van der Waals surface area contributed by atoms with Crippen LogP contribution < -0.4 is 5.32 Å². The van der Waals surface area contributed by atoms with Gasteiger partial charge in [0.1, 0.15) is 5.69 Å². The molecule has 2 heterocycles. The lowest BCUT2D eigenvalue weighted by atomic mass is 9.79. The molecule has 0 spiro atoms. The van der Waals surface area contributed by atoms with Crippen molar-refractivity contribution in [1.29, 1.82) is 0 Å². The predicted octanol–water partition coefficient (Wildman–Crippen LogP) is 5.37. The third kappa shape index (κ3) is 2.58. The second-order valence-electron chi connectivity index (χ2n) is 8.08. The van der Waals surface area contributed by atoms with Crippen LogP contribution in [0.4, 0.5) is 0 Å². The Morgan fingerprint density at radius 1 is 0.857 bits per heavy atom. The minimum absolute atomic E-state index is 0.600. The summed E-state index contributed by atoms with van der Waals surface area (Å²) in [5, 5.41) is 8.89. The fourth-order valence-electron chi connectivity index (χ4n) is 4.85. The maximum Gasteiger partial charge on any atom is 0.167 e. The van der Waals surface area contributed by atoms with Gasteiger partial charge < -0.3 is 9.84 Å². The molecule has 6 rings (SSSR count). The van der Waals surface area contributed by atoms with Crippen molar-refractivity contribution in [2.45, 2.75) is 38.3 Å². The van der Waals surface area contributed by atoms with Gasteiger partial charge in [0.15, 0.2) is 5.58 Å². The van der Waals surface area contributed by atoms with Crippen LogP contribution >= 0.6 is 0 Å². The van der Waals surface area contributed by atoms with Gasteiger partial charge in [0.2, 0.25) is 0 Å². The Labute approximate surface area is 164 Å². The van der Waals surface area contributed by atoms with Crippen molar-refractivity contribution in [2.24, 2.45) is 0 Å². The molecule has 0 saturated carbocycles. The molecule has 3 heteroatoms. The third-order valence-corrected chi connectivity index (χ3v) is 6.42. The van der Waals surface area contributed by atoms with Gasteiger partial charge in [0.05, 0.1) is 0 Å². The number of aromatic nitrogens is 1. The van der Waals surface area contributed by atoms with Crippen LogP contribution in [0.1, 0.15) is 40.2 Å². The number of para-hydroxylation sites is 1. The average molecular weight is 366 g/mol. The van der Waals surface area contributed by atoms with Gasteiger partial charge in [-0.05, 0) is 71.2 Å². The molecular weight excluding hydrogens is 344 g/mol. The predicted molar refractivity (Wildman–Crippen MR) is 111 cm³/mol. The lowest BCUT2D eigenvalue weighted by molar-refractivity contribution is 0.459. The molecule has 0 saturated heterocycles. The van der Waals surface area contributed by atoms with Crippen molar-refractivity contribution in [2.75, 3.05) is 0 Å². The summed E-state index contributed by atoms with van der Waals surface area (Å²) in [5.74, 6) is 0.600. The molecule has 4 aromatic rings. The number of benzene rings is 3. The second kappa shape index (κ2) is 6.32. The Hall–Kier alpha value is -2.91. The number of aryl methyl sites for hydroxylation is 1. The number of nitrogens with one attached hydrogen (secondary N) is 1. The van der Waals surface area contributed by atoms with Crippen molar-refractivity contribution in [1.82, 2.24) is 10.5 Å². The third-order valence-electron chi connectivity index (χ3n) is 6.42. The molecule has 2 aliphatic rings. The van der Waals surface area contributed by atoms with Crippen molar-refractivity contribution < 1.29 is 4.52 Å². The zero-order valence-corrected chi connectivity index (χ0v) is 15.7. The Morgan fingerprint density at radius 2 is 1.75 bits per heavy atom. The molecule has 1 N–H and O–H groups in total. The van der Waals surface area contributed by atoms with E-state index < -0.39 is 0 Å². The number of rotatable bonds is 2. The summed E-state index contributed by atoms with van der Waals surface area (Å²) in [4.78, 5) is 0. The molecule has 3 nitrogen and oxygen atoms in total. The zero-order valence-electron chi connectivity index (χ0n) is 15.7. The van der Waals surface area contributed by atoms with Gasteiger partial charge in [-0.15, -0.1) is 0 Å². The summed E-state index contributed by atoms with van der Waals surface area (Å²) >= 11 is 0. The first-order chi connectivity index (χ1) is 13.8. The molecule has 0 fully saturated rings. The van der Waals surface area contributed by atoms with Gasteiger partial charge in [-0.2, -0.15) is 0 Å². The molecule has 3 aromatic carbocycles. The summed E-state index contributed by atoms with van der Waals surface area (Å²) in [6, 6.07) is 22.0.